The van der Waals surface area contributed by atoms with E-state index < -0.39 is 0 Å². The van der Waals surface area contributed by atoms with Crippen LogP contribution in [0.1, 0.15) is 45.4 Å². The molecule has 1 heterocycles. The van der Waals surface area contributed by atoms with Crippen LogP contribution >= 0.6 is 24.0 Å². The molecule has 24 heavy (non-hydrogen) atoms. The Balaban J connectivity index is 0.00000288. The van der Waals surface area contributed by atoms with E-state index >= 15 is 0 Å². The Morgan fingerprint density at radius 3 is 2.50 bits per heavy atom. The number of nitrogens with zero attached hydrogens (tertiary/aromatic N) is 2. The molecule has 1 saturated carbocycles. The molecule has 1 saturated heterocycles. The first kappa shape index (κ1) is 21.5. The number of piperidine rings is 1. The van der Waals surface area contributed by atoms with Crippen LogP contribution in [-0.4, -0.2) is 61.2 Å². The smallest absolute Gasteiger partial charge is 0.220 e. The van der Waals surface area contributed by atoms with Gasteiger partial charge in [-0.25, -0.2) is 0 Å². The summed E-state index contributed by atoms with van der Waals surface area (Å²) in [6.45, 7) is 5.53. The summed E-state index contributed by atoms with van der Waals surface area (Å²) in [7, 11) is 1.70. The van der Waals surface area contributed by atoms with E-state index in [1.807, 2.05) is 0 Å². The average molecular weight is 452 g/mol. The van der Waals surface area contributed by atoms with Gasteiger partial charge in [0.25, 0.3) is 0 Å². The Hall–Kier alpha value is -0.570. The maximum Gasteiger partial charge on any atom is 0.220 e. The van der Waals surface area contributed by atoms with Crippen LogP contribution in [-0.2, 0) is 4.79 Å². The Labute approximate surface area is 162 Å². The van der Waals surface area contributed by atoms with E-state index in [-0.39, 0.29) is 36.0 Å². The van der Waals surface area contributed by atoms with E-state index in [4.69, 9.17) is 4.99 Å². The molecule has 1 aliphatic heterocycles. The van der Waals surface area contributed by atoms with Crippen LogP contribution in [0.25, 0.3) is 0 Å². The molecule has 2 fully saturated rings. The van der Waals surface area contributed by atoms with Crippen molar-refractivity contribution in [2.75, 3.05) is 33.2 Å². The van der Waals surface area contributed by atoms with Gasteiger partial charge in [-0.05, 0) is 38.5 Å². The van der Waals surface area contributed by atoms with Crippen molar-refractivity contribution in [3.63, 3.8) is 0 Å². The average Bonchev–Trinajstić information content (AvgIpc) is 2.97. The van der Waals surface area contributed by atoms with Gasteiger partial charge in [-0.1, -0.05) is 6.42 Å². The largest absolute Gasteiger partial charge is 0.393 e. The lowest BCUT2D eigenvalue weighted by Gasteiger charge is -2.34. The molecule has 2 atom stereocenters. The SMILES string of the molecule is CCNC(=NCC1CCCC1O)N1CCC(CC(=O)NC)CC1.I. The second kappa shape index (κ2) is 11.1. The number of guanidine groups is 1. The first-order valence-electron chi connectivity index (χ1n) is 9.06. The second-order valence-corrected chi connectivity index (χ2v) is 6.76. The third-order valence-electron chi connectivity index (χ3n) is 5.10. The molecule has 1 amide bonds. The lowest BCUT2D eigenvalue weighted by atomic mass is 9.93. The number of hydrogen-bond acceptors (Lipinski definition) is 3. The quantitative estimate of drug-likeness (QED) is 0.337. The number of carbonyl (C=O) groups is 1. The topological polar surface area (TPSA) is 77.0 Å². The fraction of sp³-hybridized carbons (Fsp3) is 0.882. The normalized spacial score (nSPS) is 25.3. The second-order valence-electron chi connectivity index (χ2n) is 6.76. The van der Waals surface area contributed by atoms with Gasteiger partial charge in [-0.15, -0.1) is 24.0 Å². The fourth-order valence-electron chi connectivity index (χ4n) is 3.57. The Morgan fingerprint density at radius 2 is 1.96 bits per heavy atom. The monoisotopic (exact) mass is 452 g/mol. The lowest BCUT2D eigenvalue weighted by Crippen LogP contribution is -2.46. The number of aliphatic imine (C=N–C) groups is 1. The van der Waals surface area contributed by atoms with Crippen LogP contribution in [0, 0.1) is 11.8 Å². The molecule has 1 aliphatic carbocycles. The minimum Gasteiger partial charge on any atom is -0.393 e. The highest BCUT2D eigenvalue weighted by molar-refractivity contribution is 14.0. The summed E-state index contributed by atoms with van der Waals surface area (Å²) < 4.78 is 0. The predicted octanol–water partition coefficient (Wildman–Crippen LogP) is 1.58. The zero-order valence-corrected chi connectivity index (χ0v) is 17.3. The minimum atomic E-state index is -0.181. The molecule has 2 unspecified atom stereocenters. The van der Waals surface area contributed by atoms with Crippen molar-refractivity contribution in [2.24, 2.45) is 16.8 Å². The van der Waals surface area contributed by atoms with Crippen molar-refractivity contribution in [1.29, 1.82) is 0 Å². The summed E-state index contributed by atoms with van der Waals surface area (Å²) >= 11 is 0. The van der Waals surface area contributed by atoms with Crippen molar-refractivity contribution in [3.05, 3.63) is 0 Å². The van der Waals surface area contributed by atoms with Crippen molar-refractivity contribution in [1.82, 2.24) is 15.5 Å². The number of rotatable bonds is 5. The number of nitrogens with one attached hydrogen (secondary N) is 2. The third-order valence-corrected chi connectivity index (χ3v) is 5.10. The molecule has 3 N–H and O–H groups in total. The van der Waals surface area contributed by atoms with Gasteiger partial charge in [0.1, 0.15) is 0 Å². The van der Waals surface area contributed by atoms with Crippen molar-refractivity contribution in [2.45, 2.75) is 51.6 Å². The molecule has 0 aromatic carbocycles. The Bertz CT molecular complexity index is 411. The molecule has 0 spiro atoms. The van der Waals surface area contributed by atoms with E-state index in [1.165, 1.54) is 0 Å². The maximum absolute atomic E-state index is 11.5. The van der Waals surface area contributed by atoms with E-state index in [0.717, 1.165) is 57.7 Å². The number of aliphatic hydroxyl groups excluding tert-OH is 1. The Morgan fingerprint density at radius 1 is 1.25 bits per heavy atom. The number of aliphatic hydroxyl groups is 1. The summed E-state index contributed by atoms with van der Waals surface area (Å²) in [6.07, 6.45) is 5.63. The first-order chi connectivity index (χ1) is 11.1. The summed E-state index contributed by atoms with van der Waals surface area (Å²) in [6, 6.07) is 0. The standard InChI is InChI=1S/C17H32N4O2.HI/c1-3-19-17(20-12-14-5-4-6-15(14)22)21-9-7-13(8-10-21)11-16(23)18-2;/h13-15,22H,3-12H2,1-2H3,(H,18,23)(H,19,20);1H. The number of likely N-dealkylation sites (tertiary alicyclic amines) is 1. The van der Waals surface area contributed by atoms with Gasteiger partial charge in [0.05, 0.1) is 6.10 Å². The summed E-state index contributed by atoms with van der Waals surface area (Å²) in [4.78, 5) is 18.6. The van der Waals surface area contributed by atoms with E-state index in [1.54, 1.807) is 7.05 Å². The van der Waals surface area contributed by atoms with Crippen molar-refractivity contribution in [3.8, 4) is 0 Å². The maximum atomic E-state index is 11.5. The van der Waals surface area contributed by atoms with E-state index in [9.17, 15) is 9.90 Å². The van der Waals surface area contributed by atoms with Crippen LogP contribution in [0.15, 0.2) is 4.99 Å². The molecule has 6 nitrogen and oxygen atoms in total. The van der Waals surface area contributed by atoms with Gasteiger partial charge in [0.2, 0.25) is 5.91 Å². The third kappa shape index (κ3) is 6.38. The number of amides is 1. The molecule has 2 aliphatic rings. The summed E-state index contributed by atoms with van der Waals surface area (Å²) in [5.41, 5.74) is 0. The molecule has 0 bridgehead atoms. The fourth-order valence-corrected chi connectivity index (χ4v) is 3.57. The first-order valence-corrected chi connectivity index (χ1v) is 9.06. The lowest BCUT2D eigenvalue weighted by molar-refractivity contribution is -0.121. The van der Waals surface area contributed by atoms with Gasteiger partial charge in [0, 0.05) is 45.6 Å². The van der Waals surface area contributed by atoms with Gasteiger partial charge in [0.15, 0.2) is 5.96 Å². The molecule has 0 radical (unpaired) electrons. The highest BCUT2D eigenvalue weighted by Gasteiger charge is 2.26. The minimum absolute atomic E-state index is 0. The molecule has 0 aromatic heterocycles. The van der Waals surface area contributed by atoms with Crippen molar-refractivity contribution >= 4 is 35.8 Å². The van der Waals surface area contributed by atoms with Crippen LogP contribution < -0.4 is 10.6 Å². The highest BCUT2D eigenvalue weighted by atomic mass is 127. The number of halogens is 1. The van der Waals surface area contributed by atoms with Crippen LogP contribution in [0.4, 0.5) is 0 Å². The predicted molar refractivity (Wildman–Crippen MR) is 108 cm³/mol. The molecule has 7 heteroatoms. The van der Waals surface area contributed by atoms with Crippen molar-refractivity contribution < 1.29 is 9.90 Å². The van der Waals surface area contributed by atoms with Gasteiger partial charge >= 0.3 is 0 Å². The molecule has 2 rings (SSSR count). The van der Waals surface area contributed by atoms with E-state index in [0.29, 0.717) is 24.8 Å². The van der Waals surface area contributed by atoms with Crippen LogP contribution in [0.2, 0.25) is 0 Å². The van der Waals surface area contributed by atoms with Crippen LogP contribution in [0.3, 0.4) is 0 Å². The highest BCUT2D eigenvalue weighted by Crippen LogP contribution is 2.26. The van der Waals surface area contributed by atoms with Gasteiger partial charge in [-0.2, -0.15) is 0 Å². The van der Waals surface area contributed by atoms with E-state index in [2.05, 4.69) is 22.5 Å². The number of hydrogen-bond donors (Lipinski definition) is 3. The molecular formula is C17H33IN4O2. The van der Waals surface area contributed by atoms with Gasteiger partial charge < -0.3 is 20.6 Å². The zero-order chi connectivity index (χ0) is 16.7. The summed E-state index contributed by atoms with van der Waals surface area (Å²) in [5.74, 6) is 1.89. The number of carbonyl (C=O) groups excluding carboxylic acids is 1. The Kier molecular flexibility index (Phi) is 9.95. The zero-order valence-electron chi connectivity index (χ0n) is 15.0. The van der Waals surface area contributed by atoms with Gasteiger partial charge in [-0.3, -0.25) is 9.79 Å². The molecule has 0 aromatic rings. The summed E-state index contributed by atoms with van der Waals surface area (Å²) in [5, 5.41) is 16.0. The molecular weight excluding hydrogens is 419 g/mol. The van der Waals surface area contributed by atoms with Crippen LogP contribution in [0.5, 0.6) is 0 Å². The molecule has 140 valence electrons.